The fourth-order valence-electron chi connectivity index (χ4n) is 1.79. The van der Waals surface area contributed by atoms with Gasteiger partial charge in [0.25, 0.3) is 0 Å². The molecule has 5 heteroatoms. The van der Waals surface area contributed by atoms with Gasteiger partial charge in [-0.2, -0.15) is 0 Å². The second-order valence-corrected chi connectivity index (χ2v) is 5.18. The van der Waals surface area contributed by atoms with E-state index in [1.807, 2.05) is 24.3 Å². The summed E-state index contributed by atoms with van der Waals surface area (Å²) in [6, 6.07) is 8.03. The van der Waals surface area contributed by atoms with Crippen LogP contribution in [0.3, 0.4) is 0 Å². The number of carbonyl (C=O) groups is 1. The molecule has 0 saturated carbocycles. The van der Waals surface area contributed by atoms with E-state index < -0.39 is 0 Å². The Labute approximate surface area is 120 Å². The summed E-state index contributed by atoms with van der Waals surface area (Å²) in [5.41, 5.74) is 1.16. The van der Waals surface area contributed by atoms with Gasteiger partial charge in [0, 0.05) is 36.3 Å². The predicted octanol–water partition coefficient (Wildman–Crippen LogP) is 2.46. The van der Waals surface area contributed by atoms with E-state index in [-0.39, 0.29) is 5.91 Å². The van der Waals surface area contributed by atoms with E-state index in [1.54, 1.807) is 12.4 Å². The maximum absolute atomic E-state index is 11.7. The molecular weight excluding hydrogens is 306 g/mol. The average Bonchev–Trinajstić information content (AvgIpc) is 2.90. The second-order valence-electron chi connectivity index (χ2n) is 4.27. The molecule has 0 fully saturated rings. The monoisotopic (exact) mass is 321 g/mol. The number of carbonyl (C=O) groups excluding carboxylic acids is 1. The topological polar surface area (TPSA) is 57.8 Å². The maximum atomic E-state index is 11.7. The van der Waals surface area contributed by atoms with E-state index in [0.29, 0.717) is 13.0 Å². The number of benzene rings is 1. The van der Waals surface area contributed by atoms with Gasteiger partial charge in [0.15, 0.2) is 0 Å². The number of halogens is 1. The minimum atomic E-state index is 0.0755. The van der Waals surface area contributed by atoms with Crippen molar-refractivity contribution < 1.29 is 4.79 Å². The smallest absolute Gasteiger partial charge is 0.220 e. The Morgan fingerprint density at radius 2 is 2.26 bits per heavy atom. The minimum Gasteiger partial charge on any atom is -0.356 e. The van der Waals surface area contributed by atoms with Gasteiger partial charge in [-0.25, -0.2) is 4.98 Å². The van der Waals surface area contributed by atoms with Crippen molar-refractivity contribution >= 4 is 21.8 Å². The van der Waals surface area contributed by atoms with Crippen LogP contribution in [0.15, 0.2) is 41.1 Å². The summed E-state index contributed by atoms with van der Waals surface area (Å²) in [7, 11) is 0. The van der Waals surface area contributed by atoms with Gasteiger partial charge < -0.3 is 10.3 Å². The number of hydrogen-bond donors (Lipinski definition) is 2. The Bertz CT molecular complexity index is 525. The van der Waals surface area contributed by atoms with Crippen molar-refractivity contribution in [3.8, 4) is 0 Å². The summed E-state index contributed by atoms with van der Waals surface area (Å²) in [6.07, 6.45) is 5.49. The van der Waals surface area contributed by atoms with Crippen molar-refractivity contribution in [3.63, 3.8) is 0 Å². The molecule has 0 spiro atoms. The quantitative estimate of drug-likeness (QED) is 0.858. The highest BCUT2D eigenvalue weighted by Crippen LogP contribution is 2.12. The zero-order valence-corrected chi connectivity index (χ0v) is 12.1. The lowest BCUT2D eigenvalue weighted by atomic mass is 10.1. The van der Waals surface area contributed by atoms with E-state index in [9.17, 15) is 4.79 Å². The normalized spacial score (nSPS) is 10.4. The van der Waals surface area contributed by atoms with Gasteiger partial charge >= 0.3 is 0 Å². The van der Waals surface area contributed by atoms with Gasteiger partial charge in [-0.15, -0.1) is 0 Å². The van der Waals surface area contributed by atoms with Crippen LogP contribution < -0.4 is 5.32 Å². The van der Waals surface area contributed by atoms with Gasteiger partial charge in [0.1, 0.15) is 5.82 Å². The molecule has 1 amide bonds. The lowest BCUT2D eigenvalue weighted by Crippen LogP contribution is -2.26. The first kappa shape index (κ1) is 13.8. The van der Waals surface area contributed by atoms with Crippen LogP contribution in [0.2, 0.25) is 0 Å². The molecule has 2 rings (SSSR count). The largest absolute Gasteiger partial charge is 0.356 e. The molecule has 2 N–H and O–H groups in total. The number of amides is 1. The number of aromatic amines is 1. The maximum Gasteiger partial charge on any atom is 0.220 e. The first-order valence-corrected chi connectivity index (χ1v) is 7.03. The summed E-state index contributed by atoms with van der Waals surface area (Å²) in [6.45, 7) is 0.616. The lowest BCUT2D eigenvalue weighted by molar-refractivity contribution is -0.121. The molecule has 4 nitrogen and oxygen atoms in total. The molecule has 0 bridgehead atoms. The standard InChI is InChI=1S/C14H16BrN3O/c15-12-3-1-2-11(10-12)4-5-14(19)18-7-6-13-16-8-9-17-13/h1-3,8-10H,4-7H2,(H,16,17)(H,18,19). The van der Waals surface area contributed by atoms with Crippen LogP contribution in [0.4, 0.5) is 0 Å². The molecule has 2 aromatic rings. The second kappa shape index (κ2) is 7.09. The van der Waals surface area contributed by atoms with Crippen LogP contribution in [-0.2, 0) is 17.6 Å². The van der Waals surface area contributed by atoms with Crippen molar-refractivity contribution in [3.05, 3.63) is 52.5 Å². The molecule has 0 atom stereocenters. The van der Waals surface area contributed by atoms with Crippen molar-refractivity contribution in [2.45, 2.75) is 19.3 Å². The third-order valence-electron chi connectivity index (χ3n) is 2.77. The summed E-state index contributed by atoms with van der Waals surface area (Å²) in [4.78, 5) is 18.8. The van der Waals surface area contributed by atoms with Crippen molar-refractivity contribution in [2.75, 3.05) is 6.54 Å². The van der Waals surface area contributed by atoms with Crippen molar-refractivity contribution in [2.24, 2.45) is 0 Å². The number of H-pyrrole nitrogens is 1. The van der Waals surface area contributed by atoms with E-state index in [0.717, 1.165) is 28.7 Å². The van der Waals surface area contributed by atoms with Gasteiger partial charge in [-0.3, -0.25) is 4.79 Å². The van der Waals surface area contributed by atoms with Gasteiger partial charge in [0.05, 0.1) is 0 Å². The van der Waals surface area contributed by atoms with E-state index >= 15 is 0 Å². The van der Waals surface area contributed by atoms with Crippen LogP contribution in [0.1, 0.15) is 17.8 Å². The van der Waals surface area contributed by atoms with Crippen molar-refractivity contribution in [1.82, 2.24) is 15.3 Å². The SMILES string of the molecule is O=C(CCc1cccc(Br)c1)NCCc1ncc[nH]1. The number of rotatable bonds is 6. The zero-order chi connectivity index (χ0) is 13.5. The lowest BCUT2D eigenvalue weighted by Gasteiger charge is -2.04. The van der Waals surface area contributed by atoms with Gasteiger partial charge in [0.2, 0.25) is 5.91 Å². The third kappa shape index (κ3) is 4.87. The molecule has 0 unspecified atom stereocenters. The molecule has 1 aromatic heterocycles. The summed E-state index contributed by atoms with van der Waals surface area (Å²) in [5.74, 6) is 0.971. The Balaban J connectivity index is 1.67. The third-order valence-corrected chi connectivity index (χ3v) is 3.26. The minimum absolute atomic E-state index is 0.0755. The van der Waals surface area contributed by atoms with Gasteiger partial charge in [-0.05, 0) is 24.1 Å². The first-order valence-electron chi connectivity index (χ1n) is 6.23. The highest BCUT2D eigenvalue weighted by atomic mass is 79.9. The molecule has 1 aromatic carbocycles. The Morgan fingerprint density at radius 3 is 3.00 bits per heavy atom. The number of nitrogens with one attached hydrogen (secondary N) is 2. The highest BCUT2D eigenvalue weighted by molar-refractivity contribution is 9.10. The molecule has 0 aliphatic rings. The predicted molar refractivity (Wildman–Crippen MR) is 77.8 cm³/mol. The zero-order valence-electron chi connectivity index (χ0n) is 10.5. The number of hydrogen-bond acceptors (Lipinski definition) is 2. The molecule has 0 aliphatic carbocycles. The van der Waals surface area contributed by atoms with Crippen LogP contribution in [-0.4, -0.2) is 22.4 Å². The number of imidazole rings is 1. The average molecular weight is 322 g/mol. The molecule has 1 heterocycles. The Kier molecular flexibility index (Phi) is 5.15. The number of aryl methyl sites for hydroxylation is 1. The Morgan fingerprint density at radius 1 is 1.37 bits per heavy atom. The molecule has 0 saturated heterocycles. The van der Waals surface area contributed by atoms with Crippen LogP contribution in [0, 0.1) is 0 Å². The molecule has 19 heavy (non-hydrogen) atoms. The Hall–Kier alpha value is -1.62. The summed E-state index contributed by atoms with van der Waals surface area (Å²) >= 11 is 3.42. The van der Waals surface area contributed by atoms with E-state index in [4.69, 9.17) is 0 Å². The van der Waals surface area contributed by atoms with Crippen molar-refractivity contribution in [1.29, 1.82) is 0 Å². The van der Waals surface area contributed by atoms with Crippen LogP contribution >= 0.6 is 15.9 Å². The fraction of sp³-hybridized carbons (Fsp3) is 0.286. The van der Waals surface area contributed by atoms with Gasteiger partial charge in [-0.1, -0.05) is 28.1 Å². The molecule has 0 radical (unpaired) electrons. The van der Waals surface area contributed by atoms with E-state index in [2.05, 4.69) is 31.2 Å². The van der Waals surface area contributed by atoms with Crippen LogP contribution in [0.25, 0.3) is 0 Å². The summed E-state index contributed by atoms with van der Waals surface area (Å²) < 4.78 is 1.04. The summed E-state index contributed by atoms with van der Waals surface area (Å²) in [5, 5.41) is 2.90. The first-order chi connectivity index (χ1) is 9.24. The van der Waals surface area contributed by atoms with Crippen LogP contribution in [0.5, 0.6) is 0 Å². The van der Waals surface area contributed by atoms with E-state index in [1.165, 1.54) is 0 Å². The molecule has 0 aliphatic heterocycles. The molecule has 100 valence electrons. The highest BCUT2D eigenvalue weighted by Gasteiger charge is 2.03. The fourth-order valence-corrected chi connectivity index (χ4v) is 2.24. The number of aromatic nitrogens is 2. The molecular formula is C14H16BrN3O. The number of nitrogens with zero attached hydrogens (tertiary/aromatic N) is 1.